The minimum absolute atomic E-state index is 0.0165. The van der Waals surface area contributed by atoms with E-state index in [-0.39, 0.29) is 12.2 Å². The monoisotopic (exact) mass is 335 g/mol. The van der Waals surface area contributed by atoms with Crippen molar-refractivity contribution in [2.45, 2.75) is 31.9 Å². The first kappa shape index (κ1) is 17.9. The van der Waals surface area contributed by atoms with Gasteiger partial charge in [-0.1, -0.05) is 25.1 Å². The lowest BCUT2D eigenvalue weighted by Gasteiger charge is -2.24. The molecule has 0 aliphatic heterocycles. The van der Waals surface area contributed by atoms with Crippen LogP contribution in [-0.4, -0.2) is 22.2 Å². The second kappa shape index (κ2) is 7.88. The zero-order valence-corrected chi connectivity index (χ0v) is 13.2. The third kappa shape index (κ3) is 4.29. The highest BCUT2D eigenvalue weighted by atomic mass is 19.1. The van der Waals surface area contributed by atoms with Crippen molar-refractivity contribution < 1.29 is 23.8 Å². The van der Waals surface area contributed by atoms with Gasteiger partial charge in [0.2, 0.25) is 5.91 Å². The van der Waals surface area contributed by atoms with Crippen molar-refractivity contribution in [2.24, 2.45) is 0 Å². The van der Waals surface area contributed by atoms with Crippen LogP contribution in [0, 0.1) is 11.6 Å². The van der Waals surface area contributed by atoms with E-state index < -0.39 is 35.3 Å². The van der Waals surface area contributed by atoms with Crippen molar-refractivity contribution in [1.29, 1.82) is 0 Å². The smallest absolute Gasteiger partial charge is 0.224 e. The van der Waals surface area contributed by atoms with Gasteiger partial charge in [-0.25, -0.2) is 8.78 Å². The van der Waals surface area contributed by atoms with Crippen LogP contribution in [0.3, 0.4) is 0 Å². The number of aliphatic hydroxyl groups is 1. The van der Waals surface area contributed by atoms with Crippen LogP contribution in [0.15, 0.2) is 42.5 Å². The predicted molar refractivity (Wildman–Crippen MR) is 85.4 cm³/mol. The maximum absolute atomic E-state index is 13.8. The Bertz CT molecular complexity index is 701. The number of carbonyl (C=O) groups excluding carboxylic acids is 1. The van der Waals surface area contributed by atoms with Crippen LogP contribution in [0.5, 0.6) is 5.75 Å². The molecule has 0 aliphatic rings. The fourth-order valence-corrected chi connectivity index (χ4v) is 2.51. The van der Waals surface area contributed by atoms with Gasteiger partial charge >= 0.3 is 0 Å². The first-order valence-corrected chi connectivity index (χ1v) is 7.61. The lowest BCUT2D eigenvalue weighted by atomic mass is 9.98. The predicted octanol–water partition coefficient (Wildman–Crippen LogP) is 2.84. The van der Waals surface area contributed by atoms with E-state index >= 15 is 0 Å². The number of aromatic hydroxyl groups is 1. The number of benzene rings is 2. The number of nitrogens with one attached hydrogen (secondary N) is 1. The molecule has 0 unspecified atom stereocenters. The molecule has 3 N–H and O–H groups in total. The molecule has 24 heavy (non-hydrogen) atoms. The SMILES string of the molecule is CC[C@H](NC(=O)Cc1cccc(O)c1)[C@H](O)c1c(F)cccc1F. The van der Waals surface area contributed by atoms with Crippen molar-refractivity contribution in [1.82, 2.24) is 5.32 Å². The number of hydrogen-bond acceptors (Lipinski definition) is 3. The highest BCUT2D eigenvalue weighted by molar-refractivity contribution is 5.79. The van der Waals surface area contributed by atoms with Crippen LogP contribution in [0.2, 0.25) is 0 Å². The van der Waals surface area contributed by atoms with Crippen molar-refractivity contribution in [2.75, 3.05) is 0 Å². The lowest BCUT2D eigenvalue weighted by molar-refractivity contribution is -0.122. The average Bonchev–Trinajstić information content (AvgIpc) is 2.52. The minimum Gasteiger partial charge on any atom is -0.508 e. The number of phenols is 1. The van der Waals surface area contributed by atoms with E-state index in [0.29, 0.717) is 12.0 Å². The van der Waals surface area contributed by atoms with Crippen LogP contribution in [-0.2, 0) is 11.2 Å². The van der Waals surface area contributed by atoms with Crippen LogP contribution < -0.4 is 5.32 Å². The Morgan fingerprint density at radius 2 is 1.79 bits per heavy atom. The van der Waals surface area contributed by atoms with Gasteiger partial charge in [-0.2, -0.15) is 0 Å². The lowest BCUT2D eigenvalue weighted by Crippen LogP contribution is -2.40. The Kier molecular flexibility index (Phi) is 5.87. The first-order valence-electron chi connectivity index (χ1n) is 7.61. The Labute approximate surface area is 138 Å². The van der Waals surface area contributed by atoms with Gasteiger partial charge in [0.25, 0.3) is 0 Å². The quantitative estimate of drug-likeness (QED) is 0.760. The molecular weight excluding hydrogens is 316 g/mol. The number of carbonyl (C=O) groups is 1. The van der Waals surface area contributed by atoms with E-state index in [1.807, 2.05) is 0 Å². The summed E-state index contributed by atoms with van der Waals surface area (Å²) >= 11 is 0. The standard InChI is InChI=1S/C18H19F2NO3/c1-2-15(18(24)17-13(19)7-4-8-14(17)20)21-16(23)10-11-5-3-6-12(22)9-11/h3-9,15,18,22,24H,2,10H2,1H3,(H,21,23)/t15-,18-/m0/s1. The molecule has 0 aromatic heterocycles. The van der Waals surface area contributed by atoms with Crippen molar-refractivity contribution in [3.63, 3.8) is 0 Å². The van der Waals surface area contributed by atoms with Gasteiger partial charge in [0.15, 0.2) is 0 Å². The average molecular weight is 335 g/mol. The second-order valence-electron chi connectivity index (χ2n) is 5.51. The van der Waals surface area contributed by atoms with E-state index in [1.165, 1.54) is 18.2 Å². The molecule has 0 heterocycles. The van der Waals surface area contributed by atoms with Crippen molar-refractivity contribution in [3.05, 3.63) is 65.2 Å². The number of hydrogen-bond donors (Lipinski definition) is 3. The van der Waals surface area contributed by atoms with Crippen LogP contribution in [0.4, 0.5) is 8.78 Å². The van der Waals surface area contributed by atoms with E-state index in [2.05, 4.69) is 5.32 Å². The van der Waals surface area contributed by atoms with Crippen LogP contribution >= 0.6 is 0 Å². The zero-order valence-electron chi connectivity index (χ0n) is 13.2. The zero-order chi connectivity index (χ0) is 17.7. The van der Waals surface area contributed by atoms with E-state index in [4.69, 9.17) is 0 Å². The summed E-state index contributed by atoms with van der Waals surface area (Å²) in [5, 5.41) is 22.2. The molecule has 4 nitrogen and oxygen atoms in total. The number of halogens is 2. The first-order chi connectivity index (χ1) is 11.4. The highest BCUT2D eigenvalue weighted by Gasteiger charge is 2.26. The molecule has 128 valence electrons. The molecule has 2 rings (SSSR count). The normalized spacial score (nSPS) is 13.3. The molecule has 0 spiro atoms. The summed E-state index contributed by atoms with van der Waals surface area (Å²) in [4.78, 5) is 12.1. The third-order valence-corrected chi connectivity index (χ3v) is 3.74. The molecule has 0 saturated heterocycles. The second-order valence-corrected chi connectivity index (χ2v) is 5.51. The molecule has 0 fully saturated rings. The summed E-state index contributed by atoms with van der Waals surface area (Å²) in [7, 11) is 0. The summed E-state index contributed by atoms with van der Waals surface area (Å²) in [6.07, 6.45) is -1.22. The van der Waals surface area contributed by atoms with Crippen molar-refractivity contribution >= 4 is 5.91 Å². The molecule has 0 saturated carbocycles. The summed E-state index contributed by atoms with van der Waals surface area (Å²) in [5.74, 6) is -2.09. The minimum atomic E-state index is -1.50. The van der Waals surface area contributed by atoms with E-state index in [0.717, 1.165) is 12.1 Å². The van der Waals surface area contributed by atoms with Gasteiger partial charge in [0.1, 0.15) is 23.5 Å². The Balaban J connectivity index is 2.09. The highest BCUT2D eigenvalue weighted by Crippen LogP contribution is 2.25. The summed E-state index contributed by atoms with van der Waals surface area (Å²) in [5.41, 5.74) is 0.135. The Morgan fingerprint density at radius 1 is 1.17 bits per heavy atom. The Morgan fingerprint density at radius 3 is 2.38 bits per heavy atom. The molecule has 0 bridgehead atoms. The Hall–Kier alpha value is -2.47. The van der Waals surface area contributed by atoms with E-state index in [1.54, 1.807) is 19.1 Å². The number of amides is 1. The van der Waals surface area contributed by atoms with Crippen LogP contribution in [0.25, 0.3) is 0 Å². The van der Waals surface area contributed by atoms with Gasteiger partial charge in [0.05, 0.1) is 18.0 Å². The van der Waals surface area contributed by atoms with Gasteiger partial charge in [-0.3, -0.25) is 4.79 Å². The maximum atomic E-state index is 13.8. The molecule has 6 heteroatoms. The molecule has 2 aromatic rings. The summed E-state index contributed by atoms with van der Waals surface area (Å²) in [6.45, 7) is 1.70. The third-order valence-electron chi connectivity index (χ3n) is 3.74. The molecule has 1 amide bonds. The van der Waals surface area contributed by atoms with Gasteiger partial charge < -0.3 is 15.5 Å². The molecular formula is C18H19F2NO3. The fraction of sp³-hybridized carbons (Fsp3) is 0.278. The summed E-state index contributed by atoms with van der Waals surface area (Å²) in [6, 6.07) is 8.72. The topological polar surface area (TPSA) is 69.6 Å². The fourth-order valence-electron chi connectivity index (χ4n) is 2.51. The van der Waals surface area contributed by atoms with Gasteiger partial charge in [-0.15, -0.1) is 0 Å². The summed E-state index contributed by atoms with van der Waals surface area (Å²) < 4.78 is 27.6. The van der Waals surface area contributed by atoms with Gasteiger partial charge in [0, 0.05) is 0 Å². The number of phenolic OH excluding ortho intramolecular Hbond substituents is 1. The maximum Gasteiger partial charge on any atom is 0.224 e. The van der Waals surface area contributed by atoms with Crippen LogP contribution in [0.1, 0.15) is 30.6 Å². The van der Waals surface area contributed by atoms with Crippen molar-refractivity contribution in [3.8, 4) is 5.75 Å². The number of rotatable bonds is 6. The number of aliphatic hydroxyl groups excluding tert-OH is 1. The van der Waals surface area contributed by atoms with E-state index in [9.17, 15) is 23.8 Å². The molecule has 2 atom stereocenters. The molecule has 2 aromatic carbocycles. The molecule has 0 aliphatic carbocycles. The van der Waals surface area contributed by atoms with Gasteiger partial charge in [-0.05, 0) is 36.2 Å². The largest absolute Gasteiger partial charge is 0.508 e. The molecule has 0 radical (unpaired) electrons.